The van der Waals surface area contributed by atoms with Crippen molar-refractivity contribution in [3.63, 3.8) is 0 Å². The summed E-state index contributed by atoms with van der Waals surface area (Å²) in [5.41, 5.74) is 2.39. The van der Waals surface area contributed by atoms with Crippen molar-refractivity contribution in [2.75, 3.05) is 19.6 Å². The van der Waals surface area contributed by atoms with Gasteiger partial charge in [0.15, 0.2) is 0 Å². The van der Waals surface area contributed by atoms with Crippen LogP contribution < -0.4 is 5.32 Å². The Labute approximate surface area is 196 Å². The molecule has 4 rings (SSSR count). The van der Waals surface area contributed by atoms with Crippen molar-refractivity contribution >= 4 is 17.6 Å². The van der Waals surface area contributed by atoms with Crippen LogP contribution in [0.25, 0.3) is 0 Å². The summed E-state index contributed by atoms with van der Waals surface area (Å²) < 4.78 is 0. The Hall–Kier alpha value is -2.95. The number of carbonyl (C=O) groups is 3. The first kappa shape index (κ1) is 23.2. The van der Waals surface area contributed by atoms with E-state index in [1.54, 1.807) is 11.8 Å². The molecule has 0 bridgehead atoms. The topological polar surface area (TPSA) is 66.5 Å². The average molecular weight is 447 g/mol. The van der Waals surface area contributed by atoms with Crippen LogP contribution in [0.4, 0.5) is 0 Å². The molecule has 2 aliphatic rings. The monoisotopic (exact) mass is 446 g/mol. The summed E-state index contributed by atoms with van der Waals surface area (Å²) in [6.07, 6.45) is 7.55. The largest absolute Gasteiger partial charge is 0.343 e. The average Bonchev–Trinajstić information content (AvgIpc) is 2.88. The summed E-state index contributed by atoms with van der Waals surface area (Å²) in [5.74, 6) is 0.422. The lowest BCUT2D eigenvalue weighted by Gasteiger charge is -2.40. The van der Waals surface area contributed by atoms with E-state index in [0.29, 0.717) is 37.4 Å². The van der Waals surface area contributed by atoms with E-state index < -0.39 is 5.41 Å². The van der Waals surface area contributed by atoms with E-state index in [0.717, 1.165) is 5.56 Å². The summed E-state index contributed by atoms with van der Waals surface area (Å²) in [6, 6.07) is 17.7. The molecular formula is C28H34N2O3. The van der Waals surface area contributed by atoms with Gasteiger partial charge in [-0.3, -0.25) is 14.4 Å². The second kappa shape index (κ2) is 10.3. The van der Waals surface area contributed by atoms with Gasteiger partial charge in [-0.25, -0.2) is 0 Å². The van der Waals surface area contributed by atoms with Crippen molar-refractivity contribution in [1.29, 1.82) is 0 Å². The standard InChI is InChI=1S/C28H34N2O3/c1-21(31)28(25-10-6-3-7-11-25)16-18-30(19-17-28)26(32)20-29-27(33)24-14-12-23(13-15-24)22-8-4-2-5-9-22/h3,6-7,10-15,22H,2,4-5,8-9,16-20H2,1H3,(H,29,33). The zero-order valence-corrected chi connectivity index (χ0v) is 19.5. The van der Waals surface area contributed by atoms with Crippen molar-refractivity contribution in [2.45, 2.75) is 63.2 Å². The third kappa shape index (κ3) is 5.18. The molecule has 1 N–H and O–H groups in total. The fraction of sp³-hybridized carbons (Fsp3) is 0.464. The second-order valence-electron chi connectivity index (χ2n) is 9.52. The molecule has 1 saturated heterocycles. The molecule has 2 aromatic carbocycles. The molecule has 1 saturated carbocycles. The first-order chi connectivity index (χ1) is 16.0. The van der Waals surface area contributed by atoms with Crippen molar-refractivity contribution < 1.29 is 14.4 Å². The molecule has 2 aromatic rings. The van der Waals surface area contributed by atoms with Gasteiger partial charge in [0.2, 0.25) is 5.91 Å². The molecule has 2 amide bonds. The number of hydrogen-bond donors (Lipinski definition) is 1. The van der Waals surface area contributed by atoms with Crippen LogP contribution >= 0.6 is 0 Å². The Morgan fingerprint density at radius 1 is 0.909 bits per heavy atom. The van der Waals surface area contributed by atoms with Crippen LogP contribution in [-0.4, -0.2) is 42.1 Å². The normalized spacial score (nSPS) is 18.5. The Morgan fingerprint density at radius 3 is 2.15 bits per heavy atom. The molecule has 1 aliphatic carbocycles. The molecule has 1 heterocycles. The number of benzene rings is 2. The number of nitrogens with one attached hydrogen (secondary N) is 1. The van der Waals surface area contributed by atoms with Crippen LogP contribution in [0.1, 0.15) is 79.3 Å². The predicted molar refractivity (Wildman–Crippen MR) is 129 cm³/mol. The van der Waals surface area contributed by atoms with Gasteiger partial charge < -0.3 is 10.2 Å². The number of carbonyl (C=O) groups excluding carboxylic acids is 3. The van der Waals surface area contributed by atoms with Gasteiger partial charge in [-0.1, -0.05) is 61.7 Å². The van der Waals surface area contributed by atoms with Gasteiger partial charge in [-0.2, -0.15) is 0 Å². The fourth-order valence-corrected chi connectivity index (χ4v) is 5.45. The molecule has 2 fully saturated rings. The van der Waals surface area contributed by atoms with Crippen LogP contribution in [-0.2, 0) is 15.0 Å². The van der Waals surface area contributed by atoms with Crippen LogP contribution in [0.5, 0.6) is 0 Å². The summed E-state index contributed by atoms with van der Waals surface area (Å²) in [5, 5.41) is 2.77. The van der Waals surface area contributed by atoms with E-state index in [-0.39, 0.29) is 24.1 Å². The molecule has 0 atom stereocenters. The first-order valence-electron chi connectivity index (χ1n) is 12.2. The highest BCUT2D eigenvalue weighted by Crippen LogP contribution is 2.36. The smallest absolute Gasteiger partial charge is 0.251 e. The number of ketones is 1. The molecule has 33 heavy (non-hydrogen) atoms. The third-order valence-electron chi connectivity index (χ3n) is 7.62. The third-order valence-corrected chi connectivity index (χ3v) is 7.62. The molecule has 5 heteroatoms. The lowest BCUT2D eigenvalue weighted by molar-refractivity contribution is -0.134. The van der Waals surface area contributed by atoms with Gasteiger partial charge in [0.1, 0.15) is 5.78 Å². The number of likely N-dealkylation sites (tertiary alicyclic amines) is 1. The lowest BCUT2D eigenvalue weighted by atomic mass is 9.70. The molecule has 0 aromatic heterocycles. The number of nitrogens with zero attached hydrogens (tertiary/aromatic N) is 1. The minimum absolute atomic E-state index is 0.0262. The molecular weight excluding hydrogens is 412 g/mol. The molecule has 1 aliphatic heterocycles. The molecule has 0 unspecified atom stereocenters. The summed E-state index contributed by atoms with van der Waals surface area (Å²) >= 11 is 0. The fourth-order valence-electron chi connectivity index (χ4n) is 5.45. The molecule has 174 valence electrons. The quantitative estimate of drug-likeness (QED) is 0.704. The van der Waals surface area contributed by atoms with E-state index in [1.807, 2.05) is 42.5 Å². The van der Waals surface area contributed by atoms with Crippen molar-refractivity contribution in [3.8, 4) is 0 Å². The van der Waals surface area contributed by atoms with Gasteiger partial charge in [0.05, 0.1) is 12.0 Å². The number of rotatable bonds is 6. The maximum atomic E-state index is 12.7. The zero-order chi connectivity index (χ0) is 23.3. The highest BCUT2D eigenvalue weighted by molar-refractivity contribution is 5.96. The second-order valence-corrected chi connectivity index (χ2v) is 9.52. The minimum Gasteiger partial charge on any atom is -0.343 e. The SMILES string of the molecule is CC(=O)C1(c2ccccc2)CCN(C(=O)CNC(=O)c2ccc(C3CCCCC3)cc2)CC1. The van der Waals surface area contributed by atoms with Gasteiger partial charge in [0, 0.05) is 18.7 Å². The van der Waals surface area contributed by atoms with Crippen LogP contribution in [0.3, 0.4) is 0 Å². The van der Waals surface area contributed by atoms with Gasteiger partial charge in [-0.05, 0) is 61.8 Å². The Bertz CT molecular complexity index is 970. The Kier molecular flexibility index (Phi) is 7.26. The predicted octanol–water partition coefficient (Wildman–Crippen LogP) is 4.61. The Balaban J connectivity index is 1.29. The van der Waals surface area contributed by atoms with Crippen molar-refractivity contribution in [2.24, 2.45) is 0 Å². The number of Topliss-reactive ketones (excluding diaryl/α,β-unsaturated/α-hetero) is 1. The summed E-state index contributed by atoms with van der Waals surface area (Å²) in [4.78, 5) is 39.6. The van der Waals surface area contributed by atoms with E-state index in [2.05, 4.69) is 17.4 Å². The van der Waals surface area contributed by atoms with Crippen LogP contribution in [0, 0.1) is 0 Å². The highest BCUT2D eigenvalue weighted by Gasteiger charge is 2.41. The van der Waals surface area contributed by atoms with Crippen molar-refractivity contribution in [1.82, 2.24) is 10.2 Å². The van der Waals surface area contributed by atoms with E-state index in [1.165, 1.54) is 37.7 Å². The lowest BCUT2D eigenvalue weighted by Crippen LogP contribution is -2.50. The minimum atomic E-state index is -0.526. The van der Waals surface area contributed by atoms with E-state index in [9.17, 15) is 14.4 Å². The maximum Gasteiger partial charge on any atom is 0.251 e. The van der Waals surface area contributed by atoms with Gasteiger partial charge in [0.25, 0.3) is 5.91 Å². The van der Waals surface area contributed by atoms with E-state index in [4.69, 9.17) is 0 Å². The van der Waals surface area contributed by atoms with Crippen LogP contribution in [0.15, 0.2) is 54.6 Å². The number of amides is 2. The van der Waals surface area contributed by atoms with E-state index >= 15 is 0 Å². The summed E-state index contributed by atoms with van der Waals surface area (Å²) in [7, 11) is 0. The van der Waals surface area contributed by atoms with Gasteiger partial charge >= 0.3 is 0 Å². The highest BCUT2D eigenvalue weighted by atomic mass is 16.2. The zero-order valence-electron chi connectivity index (χ0n) is 19.5. The number of piperidine rings is 1. The molecule has 5 nitrogen and oxygen atoms in total. The Morgan fingerprint density at radius 2 is 1.55 bits per heavy atom. The molecule has 0 spiro atoms. The summed E-state index contributed by atoms with van der Waals surface area (Å²) in [6.45, 7) is 2.64. The molecule has 0 radical (unpaired) electrons. The van der Waals surface area contributed by atoms with Gasteiger partial charge in [-0.15, -0.1) is 0 Å². The maximum absolute atomic E-state index is 12.7. The van der Waals surface area contributed by atoms with Crippen LogP contribution in [0.2, 0.25) is 0 Å². The van der Waals surface area contributed by atoms with Crippen molar-refractivity contribution in [3.05, 3.63) is 71.3 Å². The first-order valence-corrected chi connectivity index (χ1v) is 12.2. The number of hydrogen-bond acceptors (Lipinski definition) is 3.